The van der Waals surface area contributed by atoms with Gasteiger partial charge >= 0.3 is 18.9 Å². The van der Waals surface area contributed by atoms with Crippen LogP contribution in [0.5, 0.6) is 0 Å². The molecule has 0 saturated carbocycles. The standard InChI is InChI=1S/C25H35OP.Li.H/c1-23(2,3)17-15-19(24(4,5)6)21(20(16-17)25(7,8)9)22(26)27-18-13-11-10-12-14-18;;/h10-16,27H,1-9H3;;. The van der Waals surface area contributed by atoms with E-state index in [9.17, 15) is 4.79 Å². The van der Waals surface area contributed by atoms with Gasteiger partial charge < -0.3 is 0 Å². The molecule has 0 spiro atoms. The molecule has 3 heteroatoms. The minimum absolute atomic E-state index is 0. The van der Waals surface area contributed by atoms with Gasteiger partial charge in [0.25, 0.3) is 0 Å². The van der Waals surface area contributed by atoms with Crippen molar-refractivity contribution in [3.05, 3.63) is 64.7 Å². The first-order valence-corrected chi connectivity index (χ1v) is 10.8. The zero-order chi connectivity index (χ0) is 20.6. The van der Waals surface area contributed by atoms with Crippen LogP contribution >= 0.6 is 8.58 Å². The molecule has 0 aliphatic carbocycles. The van der Waals surface area contributed by atoms with Crippen LogP contribution in [0.4, 0.5) is 0 Å². The number of hydrogen-bond acceptors (Lipinski definition) is 1. The Balaban J connectivity index is 0.00000392. The molecule has 1 atom stereocenters. The fourth-order valence-electron chi connectivity index (χ4n) is 3.22. The van der Waals surface area contributed by atoms with Gasteiger partial charge in [-0.15, -0.1) is 0 Å². The van der Waals surface area contributed by atoms with Gasteiger partial charge in [-0.2, -0.15) is 0 Å². The van der Waals surface area contributed by atoms with E-state index in [1.807, 2.05) is 30.3 Å². The predicted octanol–water partition coefficient (Wildman–Crippen LogP) is 6.07. The normalized spacial score (nSPS) is 12.9. The van der Waals surface area contributed by atoms with E-state index in [4.69, 9.17) is 0 Å². The molecular formula is C25H36LiOP. The summed E-state index contributed by atoms with van der Waals surface area (Å²) in [6, 6.07) is 14.7. The summed E-state index contributed by atoms with van der Waals surface area (Å²) in [5, 5.41) is 1.10. The van der Waals surface area contributed by atoms with Gasteiger partial charge in [-0.25, -0.2) is 0 Å². The third-order valence-electron chi connectivity index (χ3n) is 4.88. The zero-order valence-corrected chi connectivity index (χ0v) is 19.4. The Labute approximate surface area is 186 Å². The minimum atomic E-state index is -0.0899. The molecule has 1 nitrogen and oxygen atoms in total. The molecular weight excluding hydrogens is 354 g/mol. The molecule has 0 bridgehead atoms. The van der Waals surface area contributed by atoms with Crippen LogP contribution in [0.3, 0.4) is 0 Å². The first-order chi connectivity index (χ1) is 12.2. The zero-order valence-electron chi connectivity index (χ0n) is 18.4. The van der Waals surface area contributed by atoms with Crippen molar-refractivity contribution in [1.29, 1.82) is 0 Å². The summed E-state index contributed by atoms with van der Waals surface area (Å²) < 4.78 is 0. The SMILES string of the molecule is CC(C)(C)c1cc(C(C)(C)C)c(C(=O)Pc2ccccc2)c(C(C)(C)C)c1.[LiH]. The summed E-state index contributed by atoms with van der Waals surface area (Å²) in [5.74, 6) is 0. The maximum atomic E-state index is 13.5. The predicted molar refractivity (Wildman–Crippen MR) is 128 cm³/mol. The molecule has 0 saturated heterocycles. The summed E-state index contributed by atoms with van der Waals surface area (Å²) in [4.78, 5) is 13.5. The number of carbonyl (C=O) groups is 1. The summed E-state index contributed by atoms with van der Waals surface area (Å²) in [7, 11) is 0.151. The average molecular weight is 390 g/mol. The third kappa shape index (κ3) is 6.07. The molecule has 2 aromatic carbocycles. The Morgan fingerprint density at radius 3 is 1.50 bits per heavy atom. The summed E-state index contributed by atoms with van der Waals surface area (Å²) in [5.41, 5.74) is 4.70. The summed E-state index contributed by atoms with van der Waals surface area (Å²) in [6.07, 6.45) is 0. The van der Waals surface area contributed by atoms with Crippen molar-refractivity contribution in [3.8, 4) is 0 Å². The van der Waals surface area contributed by atoms with Crippen LogP contribution in [0.15, 0.2) is 42.5 Å². The van der Waals surface area contributed by atoms with Crippen molar-refractivity contribution >= 4 is 38.3 Å². The molecule has 0 aromatic heterocycles. The number of rotatable bonds is 3. The van der Waals surface area contributed by atoms with Crippen LogP contribution in [0.1, 0.15) is 89.4 Å². The molecule has 0 radical (unpaired) electrons. The van der Waals surface area contributed by atoms with Gasteiger partial charge in [0, 0.05) is 5.56 Å². The molecule has 0 amide bonds. The first-order valence-electron chi connectivity index (χ1n) is 9.77. The van der Waals surface area contributed by atoms with Gasteiger partial charge in [0.2, 0.25) is 0 Å². The Morgan fingerprint density at radius 1 is 0.714 bits per heavy atom. The van der Waals surface area contributed by atoms with Gasteiger partial charge in [-0.05, 0) is 46.8 Å². The van der Waals surface area contributed by atoms with E-state index in [0.29, 0.717) is 0 Å². The van der Waals surface area contributed by atoms with E-state index in [1.165, 1.54) is 16.7 Å². The summed E-state index contributed by atoms with van der Waals surface area (Å²) >= 11 is 0. The van der Waals surface area contributed by atoms with E-state index < -0.39 is 0 Å². The Kier molecular flexibility index (Phi) is 7.98. The second kappa shape index (κ2) is 8.88. The van der Waals surface area contributed by atoms with E-state index in [2.05, 4.69) is 74.4 Å². The molecule has 148 valence electrons. The Hall–Kier alpha value is -0.863. The van der Waals surface area contributed by atoms with Crippen molar-refractivity contribution < 1.29 is 4.79 Å². The fourth-order valence-corrected chi connectivity index (χ4v) is 4.23. The molecule has 0 N–H and O–H groups in total. The molecule has 0 aliphatic heterocycles. The Bertz CT molecular complexity index is 783. The average Bonchev–Trinajstić information content (AvgIpc) is 2.52. The van der Waals surface area contributed by atoms with Crippen molar-refractivity contribution in [2.45, 2.75) is 78.6 Å². The number of carbonyl (C=O) groups excluding carboxylic acids is 1. The second-order valence-electron chi connectivity index (χ2n) is 10.5. The number of benzene rings is 2. The molecule has 2 rings (SSSR count). The van der Waals surface area contributed by atoms with Crippen molar-refractivity contribution in [2.24, 2.45) is 0 Å². The van der Waals surface area contributed by atoms with Crippen LogP contribution in [0.25, 0.3) is 0 Å². The molecule has 0 heterocycles. The van der Waals surface area contributed by atoms with Crippen molar-refractivity contribution in [3.63, 3.8) is 0 Å². The van der Waals surface area contributed by atoms with Crippen LogP contribution in [-0.4, -0.2) is 24.4 Å². The number of hydrogen-bond donors (Lipinski definition) is 0. The quantitative estimate of drug-likeness (QED) is 0.459. The van der Waals surface area contributed by atoms with E-state index in [-0.39, 0.29) is 49.2 Å². The van der Waals surface area contributed by atoms with Crippen molar-refractivity contribution in [1.82, 2.24) is 0 Å². The van der Waals surface area contributed by atoms with Gasteiger partial charge in [-0.1, -0.05) is 105 Å². The molecule has 0 fully saturated rings. The van der Waals surface area contributed by atoms with Crippen molar-refractivity contribution in [2.75, 3.05) is 0 Å². The van der Waals surface area contributed by atoms with Gasteiger partial charge in [0.1, 0.15) is 0 Å². The first kappa shape index (κ1) is 25.2. The van der Waals surface area contributed by atoms with E-state index in [0.717, 1.165) is 10.9 Å². The fraction of sp³-hybridized carbons (Fsp3) is 0.480. The molecule has 0 aliphatic rings. The topological polar surface area (TPSA) is 17.1 Å². The van der Waals surface area contributed by atoms with Crippen LogP contribution in [0, 0.1) is 0 Å². The Morgan fingerprint density at radius 2 is 1.14 bits per heavy atom. The summed E-state index contributed by atoms with van der Waals surface area (Å²) in [6.45, 7) is 20.0. The molecule has 28 heavy (non-hydrogen) atoms. The van der Waals surface area contributed by atoms with Gasteiger partial charge in [0.05, 0.1) is 0 Å². The third-order valence-corrected chi connectivity index (χ3v) is 5.98. The van der Waals surface area contributed by atoms with Crippen LogP contribution < -0.4 is 5.30 Å². The monoisotopic (exact) mass is 390 g/mol. The van der Waals surface area contributed by atoms with Gasteiger partial charge in [-0.3, -0.25) is 4.79 Å². The van der Waals surface area contributed by atoms with E-state index >= 15 is 0 Å². The molecule has 2 aromatic rings. The van der Waals surface area contributed by atoms with Crippen LogP contribution in [0.2, 0.25) is 0 Å². The maximum absolute atomic E-state index is 13.5. The van der Waals surface area contributed by atoms with Crippen LogP contribution in [-0.2, 0) is 16.2 Å². The van der Waals surface area contributed by atoms with E-state index in [1.54, 1.807) is 0 Å². The second-order valence-corrected chi connectivity index (χ2v) is 11.8. The van der Waals surface area contributed by atoms with Gasteiger partial charge in [0.15, 0.2) is 5.52 Å². The molecule has 1 unspecified atom stereocenters.